The zero-order valence-corrected chi connectivity index (χ0v) is 29.6. The zero-order chi connectivity index (χ0) is 34.0. The van der Waals surface area contributed by atoms with Crippen molar-refractivity contribution in [3.8, 4) is 0 Å². The second-order valence-corrected chi connectivity index (χ2v) is 20.0. The first-order valence-electron chi connectivity index (χ1n) is 17.7. The summed E-state index contributed by atoms with van der Waals surface area (Å²) in [6.45, 7) is 7.29. The van der Waals surface area contributed by atoms with Gasteiger partial charge in [-0.3, -0.25) is 0 Å². The molecule has 0 radical (unpaired) electrons. The van der Waals surface area contributed by atoms with E-state index in [-0.39, 0.29) is 6.71 Å². The molecule has 0 unspecified atom stereocenters. The predicted octanol–water partition coefficient (Wildman–Crippen LogP) is 10.1. The Kier molecular flexibility index (Phi) is 5.81. The topological polar surface area (TPSA) is 32.8 Å². The molecule has 51 heavy (non-hydrogen) atoms. The molecule has 6 heteroatoms. The Balaban J connectivity index is 1.34. The number of nitrogens with zero attached hydrogens (tertiary/aromatic N) is 2. The highest BCUT2D eigenvalue weighted by Gasteiger charge is 2.46. The fraction of sp³-hybridized carbons (Fsp3) is 0.0667. The van der Waals surface area contributed by atoms with Crippen molar-refractivity contribution < 1.29 is 8.83 Å². The second-order valence-electron chi connectivity index (χ2n) is 14.9. The standard InChI is InChI=1S/C45H33BN2O2Si/c1-51(2,3)30-26-37-41-38(27-30)48(29-16-8-5-9-17-29)43-36(25-23-34-32-19-11-13-21-40(32)50-45(34)43)46(41)35-24-22-33-31-18-10-12-20-39(31)49-44(33)42(35)47(37)28-14-6-4-7-15-28/h4-27H,1-3H3. The highest BCUT2D eigenvalue weighted by molar-refractivity contribution is 7.01. The third kappa shape index (κ3) is 3.96. The molecule has 11 rings (SSSR count). The Hall–Kier alpha value is -5.98. The summed E-state index contributed by atoms with van der Waals surface area (Å²) in [5.74, 6) is 0. The van der Waals surface area contributed by atoms with E-state index in [0.717, 1.165) is 66.6 Å². The van der Waals surface area contributed by atoms with E-state index in [0.29, 0.717) is 0 Å². The first-order valence-corrected chi connectivity index (χ1v) is 21.2. The molecule has 2 aromatic heterocycles. The van der Waals surface area contributed by atoms with E-state index < -0.39 is 8.07 Å². The van der Waals surface area contributed by atoms with E-state index in [2.05, 4.69) is 175 Å². The number of hydrogen-bond acceptors (Lipinski definition) is 4. The van der Waals surface area contributed by atoms with E-state index in [4.69, 9.17) is 8.83 Å². The Morgan fingerprint density at radius 3 is 1.35 bits per heavy atom. The molecular formula is C45H33BN2O2Si. The van der Waals surface area contributed by atoms with Gasteiger partial charge in [-0.05, 0) is 64.9 Å². The average molecular weight is 673 g/mol. The van der Waals surface area contributed by atoms with E-state index in [1.165, 1.54) is 32.9 Å². The van der Waals surface area contributed by atoms with Crippen LogP contribution in [0.3, 0.4) is 0 Å². The van der Waals surface area contributed by atoms with Crippen LogP contribution in [0.2, 0.25) is 19.6 Å². The minimum absolute atomic E-state index is 0.0502. The molecule has 2 aliphatic heterocycles. The van der Waals surface area contributed by atoms with Crippen LogP contribution in [-0.4, -0.2) is 14.8 Å². The maximum absolute atomic E-state index is 6.88. The summed E-state index contributed by atoms with van der Waals surface area (Å²) < 4.78 is 13.8. The van der Waals surface area contributed by atoms with Crippen LogP contribution in [0.4, 0.5) is 34.1 Å². The van der Waals surface area contributed by atoms with Gasteiger partial charge in [-0.15, -0.1) is 0 Å². The summed E-state index contributed by atoms with van der Waals surface area (Å²) in [5.41, 5.74) is 14.2. The minimum atomic E-state index is -1.84. The lowest BCUT2D eigenvalue weighted by atomic mass is 9.33. The Morgan fingerprint density at radius 1 is 0.471 bits per heavy atom. The number of rotatable bonds is 3. The molecule has 0 saturated heterocycles. The van der Waals surface area contributed by atoms with Gasteiger partial charge in [-0.25, -0.2) is 0 Å². The van der Waals surface area contributed by atoms with Gasteiger partial charge in [0, 0.05) is 44.3 Å². The molecule has 0 spiro atoms. The molecule has 7 aromatic carbocycles. The largest absolute Gasteiger partial charge is 0.454 e. The Bertz CT molecular complexity index is 2680. The highest BCUT2D eigenvalue weighted by atomic mass is 28.3. The van der Waals surface area contributed by atoms with Gasteiger partial charge in [0.1, 0.15) is 11.2 Å². The van der Waals surface area contributed by atoms with Gasteiger partial charge < -0.3 is 18.6 Å². The van der Waals surface area contributed by atoms with Crippen LogP contribution in [0.25, 0.3) is 43.9 Å². The fourth-order valence-corrected chi connectivity index (χ4v) is 9.78. The molecule has 0 bridgehead atoms. The van der Waals surface area contributed by atoms with Crippen molar-refractivity contribution in [3.63, 3.8) is 0 Å². The minimum Gasteiger partial charge on any atom is -0.454 e. The second kappa shape index (κ2) is 10.3. The van der Waals surface area contributed by atoms with Crippen LogP contribution in [0, 0.1) is 0 Å². The monoisotopic (exact) mass is 672 g/mol. The zero-order valence-electron chi connectivity index (χ0n) is 28.6. The van der Waals surface area contributed by atoms with Crippen molar-refractivity contribution in [2.75, 3.05) is 9.80 Å². The molecule has 0 N–H and O–H groups in total. The number of benzene rings is 7. The summed E-state index contributed by atoms with van der Waals surface area (Å²) >= 11 is 0. The SMILES string of the molecule is C[Si](C)(C)c1cc2c3c(c1)N(c1ccccc1)c1c(ccc4c1oc1ccccc14)B3c1ccc3c(oc4ccccc43)c1N2c1ccccc1. The van der Waals surface area contributed by atoms with Gasteiger partial charge in [0.05, 0.1) is 19.4 Å². The van der Waals surface area contributed by atoms with Gasteiger partial charge >= 0.3 is 0 Å². The van der Waals surface area contributed by atoms with Crippen molar-refractivity contribution in [3.05, 3.63) is 146 Å². The Morgan fingerprint density at radius 2 is 0.902 bits per heavy atom. The van der Waals surface area contributed by atoms with Crippen LogP contribution in [0.5, 0.6) is 0 Å². The van der Waals surface area contributed by atoms with Gasteiger partial charge in [-0.2, -0.15) is 0 Å². The molecular weight excluding hydrogens is 639 g/mol. The molecule has 4 nitrogen and oxygen atoms in total. The van der Waals surface area contributed by atoms with Gasteiger partial charge in [0.15, 0.2) is 11.2 Å². The molecule has 4 heterocycles. The first kappa shape index (κ1) is 28.8. The fourth-order valence-electron chi connectivity index (χ4n) is 8.64. The Labute approximate surface area is 297 Å². The van der Waals surface area contributed by atoms with Gasteiger partial charge in [0.2, 0.25) is 0 Å². The average Bonchev–Trinajstić information content (AvgIpc) is 3.74. The van der Waals surface area contributed by atoms with Crippen LogP contribution in [0.1, 0.15) is 0 Å². The molecule has 2 aliphatic rings. The normalized spacial score (nSPS) is 13.7. The molecule has 0 amide bonds. The van der Waals surface area contributed by atoms with E-state index in [1.54, 1.807) is 0 Å². The van der Waals surface area contributed by atoms with Crippen molar-refractivity contribution in [2.45, 2.75) is 19.6 Å². The first-order chi connectivity index (χ1) is 25.0. The molecule has 0 saturated carbocycles. The number of furan rings is 2. The maximum Gasteiger partial charge on any atom is 0.252 e. The van der Waals surface area contributed by atoms with E-state index in [1.807, 2.05) is 0 Å². The summed E-state index contributed by atoms with van der Waals surface area (Å²) in [6, 6.07) is 52.7. The van der Waals surface area contributed by atoms with E-state index >= 15 is 0 Å². The number of fused-ring (bicyclic) bond motifs is 12. The summed E-state index contributed by atoms with van der Waals surface area (Å²) in [5, 5.41) is 5.93. The van der Waals surface area contributed by atoms with Crippen LogP contribution >= 0.6 is 0 Å². The third-order valence-electron chi connectivity index (χ3n) is 11.0. The summed E-state index contributed by atoms with van der Waals surface area (Å²) in [4.78, 5) is 4.96. The van der Waals surface area contributed by atoms with Crippen LogP contribution in [-0.2, 0) is 0 Å². The van der Waals surface area contributed by atoms with Crippen molar-refractivity contribution in [1.82, 2.24) is 0 Å². The lowest BCUT2D eigenvalue weighted by molar-refractivity contribution is 0.669. The number of hydrogen-bond donors (Lipinski definition) is 0. The summed E-state index contributed by atoms with van der Waals surface area (Å²) in [6.07, 6.45) is 0. The predicted molar refractivity (Wildman–Crippen MR) is 218 cm³/mol. The van der Waals surface area contributed by atoms with Crippen molar-refractivity contribution in [2.24, 2.45) is 0 Å². The van der Waals surface area contributed by atoms with Gasteiger partial charge in [0.25, 0.3) is 6.71 Å². The highest BCUT2D eigenvalue weighted by Crippen LogP contribution is 2.49. The quantitative estimate of drug-likeness (QED) is 0.175. The molecule has 0 aliphatic carbocycles. The lowest BCUT2D eigenvalue weighted by Crippen LogP contribution is -2.62. The van der Waals surface area contributed by atoms with Gasteiger partial charge in [-0.1, -0.05) is 122 Å². The number of anilines is 6. The van der Waals surface area contributed by atoms with Crippen molar-refractivity contribution in [1.29, 1.82) is 0 Å². The van der Waals surface area contributed by atoms with Crippen LogP contribution in [0.15, 0.2) is 154 Å². The molecule has 242 valence electrons. The van der Waals surface area contributed by atoms with Crippen molar-refractivity contribution >= 4 is 114 Å². The lowest BCUT2D eigenvalue weighted by Gasteiger charge is -2.44. The maximum atomic E-state index is 6.88. The smallest absolute Gasteiger partial charge is 0.252 e. The third-order valence-corrected chi connectivity index (χ3v) is 13.0. The number of para-hydroxylation sites is 4. The molecule has 9 aromatic rings. The van der Waals surface area contributed by atoms with E-state index in [9.17, 15) is 0 Å². The molecule has 0 fully saturated rings. The summed E-state index contributed by atoms with van der Waals surface area (Å²) in [7, 11) is -1.84. The van der Waals surface area contributed by atoms with Crippen LogP contribution < -0.4 is 31.4 Å². The molecule has 0 atom stereocenters.